The number of anilines is 1. The van der Waals surface area contributed by atoms with Gasteiger partial charge in [-0.1, -0.05) is 36.4 Å². The summed E-state index contributed by atoms with van der Waals surface area (Å²) >= 11 is 0. The van der Waals surface area contributed by atoms with E-state index in [-0.39, 0.29) is 18.6 Å². The number of para-hydroxylation sites is 1. The van der Waals surface area contributed by atoms with E-state index in [1.807, 2.05) is 25.1 Å². The quantitative estimate of drug-likeness (QED) is 0.677. The molecule has 0 saturated carbocycles. The van der Waals surface area contributed by atoms with Crippen LogP contribution < -0.4 is 5.73 Å². The van der Waals surface area contributed by atoms with E-state index in [2.05, 4.69) is 12.1 Å². The summed E-state index contributed by atoms with van der Waals surface area (Å²) in [7, 11) is 1.77. The molecule has 0 aromatic heterocycles. The molecule has 5 heteroatoms. The Kier molecular flexibility index (Phi) is 5.26. The lowest BCUT2D eigenvalue weighted by Crippen LogP contribution is -2.36. The lowest BCUT2D eigenvalue weighted by atomic mass is 9.87. The van der Waals surface area contributed by atoms with E-state index in [4.69, 9.17) is 10.5 Å². The maximum absolute atomic E-state index is 12.6. The summed E-state index contributed by atoms with van der Waals surface area (Å²) in [6, 6.07) is 13.4. The van der Waals surface area contributed by atoms with Crippen LogP contribution in [0.25, 0.3) is 0 Å². The van der Waals surface area contributed by atoms with Crippen molar-refractivity contribution in [1.82, 2.24) is 4.90 Å². The molecule has 0 fully saturated rings. The van der Waals surface area contributed by atoms with Gasteiger partial charge in [0.05, 0.1) is 11.6 Å². The maximum Gasteiger partial charge on any atom is 0.340 e. The number of hydrogen-bond acceptors (Lipinski definition) is 4. The third kappa shape index (κ3) is 3.57. The molecule has 0 spiro atoms. The number of fused-ring (bicyclic) bond motifs is 1. The lowest BCUT2D eigenvalue weighted by molar-refractivity contribution is -0.135. The molecule has 1 amide bonds. The number of nitrogens with two attached hydrogens (primary N) is 1. The first-order valence-corrected chi connectivity index (χ1v) is 8.84. The SMILES string of the molecule is Cc1cccc(C(=O)OCC(=O)N(C)[C@H]2CCCc3ccccc32)c1N. The largest absolute Gasteiger partial charge is 0.452 e. The predicted molar refractivity (Wildman–Crippen MR) is 101 cm³/mol. The van der Waals surface area contributed by atoms with Crippen LogP contribution in [0.5, 0.6) is 0 Å². The summed E-state index contributed by atoms with van der Waals surface area (Å²) in [5, 5.41) is 0. The molecule has 2 aromatic rings. The highest BCUT2D eigenvalue weighted by Crippen LogP contribution is 2.33. The number of hydrogen-bond donors (Lipinski definition) is 1. The Hall–Kier alpha value is -2.82. The molecule has 5 nitrogen and oxygen atoms in total. The van der Waals surface area contributed by atoms with E-state index in [0.717, 1.165) is 24.8 Å². The first kappa shape index (κ1) is 18.0. The smallest absolute Gasteiger partial charge is 0.340 e. The Morgan fingerprint density at radius 1 is 1.19 bits per heavy atom. The normalized spacial score (nSPS) is 15.8. The first-order valence-electron chi connectivity index (χ1n) is 8.84. The third-order valence-electron chi connectivity index (χ3n) is 5.07. The van der Waals surface area contributed by atoms with Crippen LogP contribution >= 0.6 is 0 Å². The third-order valence-corrected chi connectivity index (χ3v) is 5.07. The molecular weight excluding hydrogens is 328 g/mol. The number of rotatable bonds is 4. The molecule has 3 rings (SSSR count). The van der Waals surface area contributed by atoms with Crippen LogP contribution in [0.1, 0.15) is 45.9 Å². The van der Waals surface area contributed by atoms with Crippen LogP contribution in [0.15, 0.2) is 42.5 Å². The van der Waals surface area contributed by atoms with Crippen LogP contribution in [0.2, 0.25) is 0 Å². The molecule has 26 heavy (non-hydrogen) atoms. The van der Waals surface area contributed by atoms with Gasteiger partial charge in [-0.3, -0.25) is 4.79 Å². The fourth-order valence-corrected chi connectivity index (χ4v) is 3.47. The highest BCUT2D eigenvalue weighted by atomic mass is 16.5. The van der Waals surface area contributed by atoms with Gasteiger partial charge in [0, 0.05) is 12.7 Å². The minimum absolute atomic E-state index is 0.0233. The highest BCUT2D eigenvalue weighted by molar-refractivity contribution is 5.96. The van der Waals surface area contributed by atoms with Gasteiger partial charge in [0.15, 0.2) is 6.61 Å². The lowest BCUT2D eigenvalue weighted by Gasteiger charge is -2.33. The minimum atomic E-state index is -0.572. The zero-order valence-corrected chi connectivity index (χ0v) is 15.2. The van der Waals surface area contributed by atoms with E-state index in [1.54, 1.807) is 24.1 Å². The van der Waals surface area contributed by atoms with Gasteiger partial charge >= 0.3 is 5.97 Å². The number of aryl methyl sites for hydroxylation is 2. The molecule has 136 valence electrons. The van der Waals surface area contributed by atoms with Crippen LogP contribution in [-0.2, 0) is 16.0 Å². The van der Waals surface area contributed by atoms with Crippen LogP contribution in [-0.4, -0.2) is 30.4 Å². The van der Waals surface area contributed by atoms with Crippen molar-refractivity contribution in [2.75, 3.05) is 19.4 Å². The van der Waals surface area contributed by atoms with Crippen LogP contribution in [0.4, 0.5) is 5.69 Å². The first-order chi connectivity index (χ1) is 12.5. The molecule has 0 saturated heterocycles. The molecule has 0 radical (unpaired) electrons. The number of likely N-dealkylation sites (N-methyl/N-ethyl adjacent to an activating group) is 1. The predicted octanol–water partition coefficient (Wildman–Crippen LogP) is 3.27. The Bertz CT molecular complexity index is 832. The Morgan fingerprint density at radius 3 is 2.77 bits per heavy atom. The zero-order valence-electron chi connectivity index (χ0n) is 15.2. The average molecular weight is 352 g/mol. The second kappa shape index (κ2) is 7.60. The summed E-state index contributed by atoms with van der Waals surface area (Å²) in [5.74, 6) is -0.789. The minimum Gasteiger partial charge on any atom is -0.452 e. The molecule has 2 aromatic carbocycles. The molecule has 2 N–H and O–H groups in total. The number of carbonyl (C=O) groups is 2. The number of carbonyl (C=O) groups excluding carboxylic acids is 2. The Morgan fingerprint density at radius 2 is 1.96 bits per heavy atom. The van der Waals surface area contributed by atoms with E-state index in [1.165, 1.54) is 11.1 Å². The second-order valence-electron chi connectivity index (χ2n) is 6.72. The maximum atomic E-state index is 12.6. The zero-order chi connectivity index (χ0) is 18.7. The van der Waals surface area contributed by atoms with Crippen molar-refractivity contribution in [2.45, 2.75) is 32.2 Å². The van der Waals surface area contributed by atoms with Crippen LogP contribution in [0.3, 0.4) is 0 Å². The second-order valence-corrected chi connectivity index (χ2v) is 6.72. The summed E-state index contributed by atoms with van der Waals surface area (Å²) < 4.78 is 5.22. The van der Waals surface area contributed by atoms with Gasteiger partial charge in [-0.25, -0.2) is 4.79 Å². The number of nitrogen functional groups attached to an aromatic ring is 1. The number of amides is 1. The fourth-order valence-electron chi connectivity index (χ4n) is 3.47. The van der Waals surface area contributed by atoms with Crippen molar-refractivity contribution >= 4 is 17.6 Å². The summed E-state index contributed by atoms with van der Waals surface area (Å²) in [6.07, 6.45) is 2.99. The van der Waals surface area contributed by atoms with Gasteiger partial charge in [-0.15, -0.1) is 0 Å². The van der Waals surface area contributed by atoms with Crippen molar-refractivity contribution in [3.8, 4) is 0 Å². The standard InChI is InChI=1S/C21H24N2O3/c1-14-7-5-11-17(20(14)22)21(25)26-13-19(24)23(2)18-12-6-9-15-8-3-4-10-16(15)18/h3-5,7-8,10-11,18H,6,9,12-13,22H2,1-2H3/t18-/m0/s1. The van der Waals surface area contributed by atoms with Gasteiger partial charge in [0.1, 0.15) is 0 Å². The molecule has 0 bridgehead atoms. The Labute approximate surface area is 153 Å². The van der Waals surface area contributed by atoms with Gasteiger partial charge in [-0.05, 0) is 48.9 Å². The summed E-state index contributed by atoms with van der Waals surface area (Å²) in [5.41, 5.74) is 9.88. The summed E-state index contributed by atoms with van der Waals surface area (Å²) in [4.78, 5) is 26.5. The van der Waals surface area contributed by atoms with E-state index in [0.29, 0.717) is 11.3 Å². The average Bonchev–Trinajstić information content (AvgIpc) is 2.67. The van der Waals surface area contributed by atoms with Crippen molar-refractivity contribution in [1.29, 1.82) is 0 Å². The number of benzene rings is 2. The van der Waals surface area contributed by atoms with Gasteiger partial charge in [0.2, 0.25) is 0 Å². The summed E-state index contributed by atoms with van der Waals surface area (Å²) in [6.45, 7) is 1.53. The fraction of sp³-hybridized carbons (Fsp3) is 0.333. The monoisotopic (exact) mass is 352 g/mol. The molecule has 1 aliphatic carbocycles. The topological polar surface area (TPSA) is 72.6 Å². The molecule has 0 unspecified atom stereocenters. The van der Waals surface area contributed by atoms with Crippen LogP contribution in [0, 0.1) is 6.92 Å². The highest BCUT2D eigenvalue weighted by Gasteiger charge is 2.27. The number of nitrogens with zero attached hydrogens (tertiary/aromatic N) is 1. The van der Waals surface area contributed by atoms with Crippen molar-refractivity contribution in [2.24, 2.45) is 0 Å². The van der Waals surface area contributed by atoms with Gasteiger partial charge in [-0.2, -0.15) is 0 Å². The van der Waals surface area contributed by atoms with Crippen molar-refractivity contribution in [3.05, 3.63) is 64.7 Å². The van der Waals surface area contributed by atoms with E-state index >= 15 is 0 Å². The van der Waals surface area contributed by atoms with Gasteiger partial charge in [0.25, 0.3) is 5.91 Å². The number of esters is 1. The van der Waals surface area contributed by atoms with Crippen molar-refractivity contribution < 1.29 is 14.3 Å². The molecule has 0 aliphatic heterocycles. The number of ether oxygens (including phenoxy) is 1. The molecular formula is C21H24N2O3. The van der Waals surface area contributed by atoms with Crippen molar-refractivity contribution in [3.63, 3.8) is 0 Å². The van der Waals surface area contributed by atoms with E-state index in [9.17, 15) is 9.59 Å². The Balaban J connectivity index is 1.65. The van der Waals surface area contributed by atoms with Gasteiger partial charge < -0.3 is 15.4 Å². The molecule has 1 aliphatic rings. The molecule has 0 heterocycles. The van der Waals surface area contributed by atoms with E-state index < -0.39 is 5.97 Å². The molecule has 1 atom stereocenters.